The van der Waals surface area contributed by atoms with Gasteiger partial charge >= 0.3 is 0 Å². The van der Waals surface area contributed by atoms with Crippen molar-refractivity contribution in [2.45, 2.75) is 11.1 Å². The van der Waals surface area contributed by atoms with E-state index in [1.54, 1.807) is 6.92 Å². The van der Waals surface area contributed by atoms with E-state index in [1.807, 2.05) is 0 Å². The molecule has 3 nitrogen and oxygen atoms in total. The van der Waals surface area contributed by atoms with Crippen LogP contribution in [0.2, 0.25) is 0 Å². The Morgan fingerprint density at radius 2 is 1.74 bits per heavy atom. The molecular weight excluding hydrogens is 360 g/mol. The van der Waals surface area contributed by atoms with Gasteiger partial charge in [0.1, 0.15) is 15.8 Å². The standard InChI is InChI=1S/C11H8BrF2NO2S2/c1-6-2-10(18-11(6)12)19(16,17)15-9-4-7(13)3-8(14)5-9/h2-5,15H,1H3. The fourth-order valence-corrected chi connectivity index (χ4v) is 4.65. The SMILES string of the molecule is Cc1cc(S(=O)(=O)Nc2cc(F)cc(F)c2)sc1Br. The molecule has 0 saturated carbocycles. The molecule has 0 aliphatic carbocycles. The maximum absolute atomic E-state index is 13.0. The van der Waals surface area contributed by atoms with Crippen LogP contribution in [-0.2, 0) is 10.0 Å². The lowest BCUT2D eigenvalue weighted by Gasteiger charge is -2.06. The maximum Gasteiger partial charge on any atom is 0.271 e. The van der Waals surface area contributed by atoms with Crippen molar-refractivity contribution in [2.75, 3.05) is 4.72 Å². The van der Waals surface area contributed by atoms with Gasteiger partial charge in [-0.05, 0) is 46.6 Å². The Kier molecular flexibility index (Phi) is 3.93. The predicted octanol–water partition coefficient (Wildman–Crippen LogP) is 3.90. The van der Waals surface area contributed by atoms with Crippen LogP contribution in [0.25, 0.3) is 0 Å². The van der Waals surface area contributed by atoms with Crippen molar-refractivity contribution in [2.24, 2.45) is 0 Å². The topological polar surface area (TPSA) is 46.2 Å². The largest absolute Gasteiger partial charge is 0.279 e. The van der Waals surface area contributed by atoms with Crippen LogP contribution in [0.5, 0.6) is 0 Å². The summed E-state index contributed by atoms with van der Waals surface area (Å²) in [6.07, 6.45) is 0. The summed E-state index contributed by atoms with van der Waals surface area (Å²) in [6, 6.07) is 3.97. The molecule has 1 aromatic carbocycles. The van der Waals surface area contributed by atoms with Crippen LogP contribution in [0.1, 0.15) is 5.56 Å². The van der Waals surface area contributed by atoms with E-state index in [-0.39, 0.29) is 9.90 Å². The van der Waals surface area contributed by atoms with Crippen LogP contribution in [0, 0.1) is 18.6 Å². The molecule has 0 atom stereocenters. The van der Waals surface area contributed by atoms with Crippen molar-refractivity contribution in [1.82, 2.24) is 0 Å². The summed E-state index contributed by atoms with van der Waals surface area (Å²) in [5, 5.41) is 0. The highest BCUT2D eigenvalue weighted by Gasteiger charge is 2.19. The molecule has 1 aromatic heterocycles. The Morgan fingerprint density at radius 3 is 2.21 bits per heavy atom. The van der Waals surface area contributed by atoms with Crippen LogP contribution in [0.15, 0.2) is 32.3 Å². The average Bonchev–Trinajstić information content (AvgIpc) is 2.57. The second-order valence-corrected chi connectivity index (χ2v) is 8.07. The summed E-state index contributed by atoms with van der Waals surface area (Å²) < 4.78 is 52.9. The molecule has 0 spiro atoms. The van der Waals surface area contributed by atoms with Gasteiger partial charge in [-0.15, -0.1) is 11.3 Å². The molecule has 1 N–H and O–H groups in total. The monoisotopic (exact) mass is 367 g/mol. The van der Waals surface area contributed by atoms with Gasteiger partial charge in [-0.1, -0.05) is 0 Å². The number of thiophene rings is 1. The van der Waals surface area contributed by atoms with Gasteiger partial charge in [0.25, 0.3) is 10.0 Å². The van der Waals surface area contributed by atoms with Crippen molar-refractivity contribution >= 4 is 43.0 Å². The minimum atomic E-state index is -3.84. The van der Waals surface area contributed by atoms with E-state index < -0.39 is 21.7 Å². The lowest BCUT2D eigenvalue weighted by molar-refractivity contribution is 0.584. The first-order valence-electron chi connectivity index (χ1n) is 5.03. The van der Waals surface area contributed by atoms with Crippen molar-refractivity contribution < 1.29 is 17.2 Å². The quantitative estimate of drug-likeness (QED) is 0.893. The van der Waals surface area contributed by atoms with Crippen molar-refractivity contribution in [3.05, 3.63) is 45.2 Å². The van der Waals surface area contributed by atoms with Crippen molar-refractivity contribution in [1.29, 1.82) is 0 Å². The van der Waals surface area contributed by atoms with Gasteiger partial charge in [0.05, 0.1) is 9.47 Å². The van der Waals surface area contributed by atoms with Gasteiger partial charge in [0.2, 0.25) is 0 Å². The molecule has 0 aliphatic rings. The second kappa shape index (κ2) is 5.18. The smallest absolute Gasteiger partial charge is 0.271 e. The molecule has 102 valence electrons. The van der Waals surface area contributed by atoms with Gasteiger partial charge in [-0.2, -0.15) is 0 Å². The van der Waals surface area contributed by atoms with E-state index in [4.69, 9.17) is 0 Å². The molecule has 0 radical (unpaired) electrons. The number of benzene rings is 1. The van der Waals surface area contributed by atoms with Crippen molar-refractivity contribution in [3.8, 4) is 0 Å². The first-order chi connectivity index (χ1) is 8.78. The summed E-state index contributed by atoms with van der Waals surface area (Å²) in [4.78, 5) is 0. The Bertz CT molecular complexity index is 689. The highest BCUT2D eigenvalue weighted by Crippen LogP contribution is 2.31. The average molecular weight is 368 g/mol. The van der Waals surface area contributed by atoms with E-state index in [1.165, 1.54) is 6.07 Å². The number of hydrogen-bond acceptors (Lipinski definition) is 3. The molecule has 0 bridgehead atoms. The van der Waals surface area contributed by atoms with E-state index in [9.17, 15) is 17.2 Å². The summed E-state index contributed by atoms with van der Waals surface area (Å²) in [5.74, 6) is -1.69. The zero-order valence-electron chi connectivity index (χ0n) is 9.58. The third kappa shape index (κ3) is 3.31. The predicted molar refractivity (Wildman–Crippen MR) is 73.9 cm³/mol. The highest BCUT2D eigenvalue weighted by molar-refractivity contribution is 9.11. The maximum atomic E-state index is 13.0. The molecule has 1 heterocycles. The van der Waals surface area contributed by atoms with Gasteiger partial charge in [0, 0.05) is 6.07 Å². The second-order valence-electron chi connectivity index (χ2n) is 3.79. The van der Waals surface area contributed by atoms with Crippen LogP contribution < -0.4 is 4.72 Å². The van der Waals surface area contributed by atoms with Crippen molar-refractivity contribution in [3.63, 3.8) is 0 Å². The third-order valence-corrected chi connectivity index (χ3v) is 6.21. The number of halogens is 3. The first kappa shape index (κ1) is 14.4. The fraction of sp³-hybridized carbons (Fsp3) is 0.0909. The van der Waals surface area contributed by atoms with Gasteiger partial charge in [-0.3, -0.25) is 4.72 Å². The third-order valence-electron chi connectivity index (χ3n) is 2.21. The van der Waals surface area contributed by atoms with Gasteiger partial charge in [-0.25, -0.2) is 17.2 Å². The summed E-state index contributed by atoms with van der Waals surface area (Å²) >= 11 is 4.25. The lowest BCUT2D eigenvalue weighted by atomic mass is 10.3. The number of hydrogen-bond donors (Lipinski definition) is 1. The zero-order valence-corrected chi connectivity index (χ0v) is 12.8. The molecule has 0 unspecified atom stereocenters. The molecule has 0 fully saturated rings. The molecule has 2 rings (SSSR count). The summed E-state index contributed by atoms with van der Waals surface area (Å²) in [5.41, 5.74) is 0.621. The minimum Gasteiger partial charge on any atom is -0.279 e. The van der Waals surface area contributed by atoms with Crippen LogP contribution in [0.3, 0.4) is 0 Å². The van der Waals surface area contributed by atoms with E-state index in [0.29, 0.717) is 9.85 Å². The Labute approximate surface area is 121 Å². The lowest BCUT2D eigenvalue weighted by Crippen LogP contribution is -2.11. The molecular formula is C11H8BrF2NO2S2. The van der Waals surface area contributed by atoms with Crippen LogP contribution in [0.4, 0.5) is 14.5 Å². The number of sulfonamides is 1. The van der Waals surface area contributed by atoms with E-state index >= 15 is 0 Å². The summed E-state index contributed by atoms with van der Waals surface area (Å²) in [6.45, 7) is 1.75. The Hall–Kier alpha value is -0.990. The number of anilines is 1. The normalized spacial score (nSPS) is 11.6. The molecule has 0 amide bonds. The van der Waals surface area contributed by atoms with E-state index in [2.05, 4.69) is 20.7 Å². The van der Waals surface area contributed by atoms with E-state index in [0.717, 1.165) is 29.0 Å². The molecule has 2 aromatic rings. The number of rotatable bonds is 3. The molecule has 0 saturated heterocycles. The molecule has 8 heteroatoms. The van der Waals surface area contributed by atoms with Gasteiger partial charge in [0.15, 0.2) is 0 Å². The zero-order chi connectivity index (χ0) is 14.2. The molecule has 19 heavy (non-hydrogen) atoms. The highest BCUT2D eigenvalue weighted by atomic mass is 79.9. The van der Waals surface area contributed by atoms with Crippen LogP contribution in [-0.4, -0.2) is 8.42 Å². The van der Waals surface area contributed by atoms with Crippen LogP contribution >= 0.6 is 27.3 Å². The van der Waals surface area contributed by atoms with Gasteiger partial charge < -0.3 is 0 Å². The molecule has 0 aliphatic heterocycles. The fourth-order valence-electron chi connectivity index (χ4n) is 1.38. The number of nitrogens with one attached hydrogen (secondary N) is 1. The minimum absolute atomic E-state index is 0.0709. The Morgan fingerprint density at radius 1 is 1.16 bits per heavy atom. The number of aryl methyl sites for hydroxylation is 1. The summed E-state index contributed by atoms with van der Waals surface area (Å²) in [7, 11) is -3.84. The Balaban J connectivity index is 2.36. The first-order valence-corrected chi connectivity index (χ1v) is 8.12.